The molecule has 1 aliphatic rings. The lowest BCUT2D eigenvalue weighted by atomic mass is 10.1. The fraction of sp³-hybridized carbons (Fsp3) is 0.333. The van der Waals surface area contributed by atoms with Crippen LogP contribution in [0.2, 0.25) is 0 Å². The van der Waals surface area contributed by atoms with Gasteiger partial charge in [0.25, 0.3) is 0 Å². The Kier molecular flexibility index (Phi) is 5.75. The van der Waals surface area contributed by atoms with Crippen LogP contribution < -0.4 is 10.2 Å². The zero-order valence-electron chi connectivity index (χ0n) is 15.9. The van der Waals surface area contributed by atoms with E-state index in [0.717, 1.165) is 11.3 Å². The quantitative estimate of drug-likeness (QED) is 0.634. The number of ketones is 1. The van der Waals surface area contributed by atoms with Gasteiger partial charge in [0.15, 0.2) is 10.9 Å². The van der Waals surface area contributed by atoms with Gasteiger partial charge in [0, 0.05) is 37.4 Å². The van der Waals surface area contributed by atoms with E-state index in [4.69, 9.17) is 12.2 Å². The molecule has 0 spiro atoms. The van der Waals surface area contributed by atoms with Crippen molar-refractivity contribution < 1.29 is 9.18 Å². The van der Waals surface area contributed by atoms with Crippen molar-refractivity contribution in [1.29, 1.82) is 0 Å². The third-order valence-electron chi connectivity index (χ3n) is 4.90. The average molecular weight is 386 g/mol. The number of aryl methyl sites for hydroxylation is 2. The van der Waals surface area contributed by atoms with Gasteiger partial charge in [0.2, 0.25) is 0 Å². The Balaban J connectivity index is 1.62. The molecule has 0 amide bonds. The normalized spacial score (nSPS) is 14.2. The van der Waals surface area contributed by atoms with Crippen molar-refractivity contribution in [3.8, 4) is 0 Å². The number of hydrogen-bond acceptors (Lipinski definition) is 3. The fourth-order valence-electron chi connectivity index (χ4n) is 3.20. The minimum absolute atomic E-state index is 0.131. The molecule has 0 bridgehead atoms. The number of halogens is 1. The van der Waals surface area contributed by atoms with E-state index in [9.17, 15) is 9.18 Å². The van der Waals surface area contributed by atoms with E-state index in [0.29, 0.717) is 42.5 Å². The topological polar surface area (TPSA) is 35.6 Å². The highest BCUT2D eigenvalue weighted by Gasteiger charge is 2.21. The van der Waals surface area contributed by atoms with Gasteiger partial charge in [0.05, 0.1) is 5.69 Å². The fourth-order valence-corrected chi connectivity index (χ4v) is 3.49. The Morgan fingerprint density at radius 2 is 1.78 bits per heavy atom. The number of nitrogens with one attached hydrogen (secondary N) is 1. The van der Waals surface area contributed by atoms with Gasteiger partial charge in [-0.25, -0.2) is 4.39 Å². The molecule has 1 heterocycles. The molecule has 142 valence electrons. The van der Waals surface area contributed by atoms with E-state index in [1.54, 1.807) is 12.1 Å². The largest absolute Gasteiger partial charge is 0.366 e. The first-order valence-electron chi connectivity index (χ1n) is 9.04. The predicted octanol–water partition coefficient (Wildman–Crippen LogP) is 4.16. The molecule has 4 nitrogen and oxygen atoms in total. The van der Waals surface area contributed by atoms with Crippen molar-refractivity contribution in [2.75, 3.05) is 36.4 Å². The number of benzene rings is 2. The maximum atomic E-state index is 14.4. The smallest absolute Gasteiger partial charge is 0.173 e. The maximum absolute atomic E-state index is 14.4. The molecule has 27 heavy (non-hydrogen) atoms. The molecule has 0 atom stereocenters. The zero-order valence-corrected chi connectivity index (χ0v) is 16.7. The summed E-state index contributed by atoms with van der Waals surface area (Å²) in [4.78, 5) is 15.5. The number of anilines is 2. The van der Waals surface area contributed by atoms with E-state index >= 15 is 0 Å². The summed E-state index contributed by atoms with van der Waals surface area (Å²) in [6.45, 7) is 8.32. The van der Waals surface area contributed by atoms with Gasteiger partial charge in [-0.1, -0.05) is 12.1 Å². The number of rotatable bonds is 3. The van der Waals surface area contributed by atoms with Gasteiger partial charge in [-0.2, -0.15) is 0 Å². The molecule has 1 N–H and O–H groups in total. The first-order valence-corrected chi connectivity index (χ1v) is 9.44. The molecule has 0 saturated carbocycles. The highest BCUT2D eigenvalue weighted by atomic mass is 32.1. The number of thiocarbonyl (C=S) groups is 1. The highest BCUT2D eigenvalue weighted by molar-refractivity contribution is 7.80. The highest BCUT2D eigenvalue weighted by Crippen LogP contribution is 2.23. The first kappa shape index (κ1) is 19.3. The molecular weight excluding hydrogens is 361 g/mol. The van der Waals surface area contributed by atoms with Crippen LogP contribution in [0.4, 0.5) is 15.8 Å². The molecule has 1 aliphatic heterocycles. The van der Waals surface area contributed by atoms with Crippen LogP contribution in [-0.2, 0) is 0 Å². The number of nitrogens with zero attached hydrogens (tertiary/aromatic N) is 2. The third-order valence-corrected chi connectivity index (χ3v) is 5.26. The van der Waals surface area contributed by atoms with E-state index in [1.807, 2.05) is 4.90 Å². The van der Waals surface area contributed by atoms with Crippen LogP contribution in [0.25, 0.3) is 0 Å². The summed E-state index contributed by atoms with van der Waals surface area (Å²) < 4.78 is 14.4. The van der Waals surface area contributed by atoms with Crippen molar-refractivity contribution >= 4 is 34.5 Å². The predicted molar refractivity (Wildman–Crippen MR) is 112 cm³/mol. The number of carbonyl (C=O) groups excluding carboxylic acids is 1. The summed E-state index contributed by atoms with van der Waals surface area (Å²) in [7, 11) is 0. The lowest BCUT2D eigenvalue weighted by molar-refractivity contribution is 0.101. The van der Waals surface area contributed by atoms with Gasteiger partial charge in [-0.3, -0.25) is 4.79 Å². The van der Waals surface area contributed by atoms with Crippen molar-refractivity contribution in [1.82, 2.24) is 4.90 Å². The van der Waals surface area contributed by atoms with E-state index in [2.05, 4.69) is 42.3 Å². The van der Waals surface area contributed by atoms with Crippen LogP contribution in [0, 0.1) is 19.7 Å². The number of Topliss-reactive ketones (excluding diaryl/α,β-unsaturated/α-hetero) is 1. The summed E-state index contributed by atoms with van der Waals surface area (Å²) in [5.41, 5.74) is 4.28. The average Bonchev–Trinajstić information content (AvgIpc) is 2.64. The summed E-state index contributed by atoms with van der Waals surface area (Å²) in [6, 6.07) is 10.9. The van der Waals surface area contributed by atoms with E-state index in [1.165, 1.54) is 18.6 Å². The van der Waals surface area contributed by atoms with Crippen LogP contribution in [0.5, 0.6) is 0 Å². The number of hydrogen-bond donors (Lipinski definition) is 1. The standard InChI is InChI=1S/C21H24FN3OS/c1-14-4-5-15(2)19(12-14)23-21(27)25-10-8-24(9-11-25)20-7-6-17(16(3)26)13-18(20)22/h4-7,12-13H,8-11H2,1-3H3,(H,23,27). The molecule has 1 fully saturated rings. The second kappa shape index (κ2) is 8.05. The molecule has 1 saturated heterocycles. The van der Waals surface area contributed by atoms with Crippen LogP contribution in [0.15, 0.2) is 36.4 Å². The minimum Gasteiger partial charge on any atom is -0.366 e. The Morgan fingerprint density at radius 1 is 1.07 bits per heavy atom. The third kappa shape index (κ3) is 4.45. The second-order valence-corrected chi connectivity index (χ2v) is 7.33. The first-order chi connectivity index (χ1) is 12.8. The van der Waals surface area contributed by atoms with Crippen molar-refractivity contribution in [3.05, 3.63) is 58.9 Å². The lowest BCUT2D eigenvalue weighted by Crippen LogP contribution is -2.50. The summed E-state index contributed by atoms with van der Waals surface area (Å²) in [6.07, 6.45) is 0. The summed E-state index contributed by atoms with van der Waals surface area (Å²) >= 11 is 5.57. The van der Waals surface area contributed by atoms with Crippen LogP contribution in [0.3, 0.4) is 0 Å². The van der Waals surface area contributed by atoms with Gasteiger partial charge in [-0.15, -0.1) is 0 Å². The minimum atomic E-state index is -0.354. The summed E-state index contributed by atoms with van der Waals surface area (Å²) in [5, 5.41) is 4.02. The van der Waals surface area contributed by atoms with Crippen molar-refractivity contribution in [2.45, 2.75) is 20.8 Å². The van der Waals surface area contributed by atoms with Crippen LogP contribution in [-0.4, -0.2) is 42.0 Å². The van der Waals surface area contributed by atoms with Crippen molar-refractivity contribution in [3.63, 3.8) is 0 Å². The number of carbonyl (C=O) groups is 1. The molecule has 0 unspecified atom stereocenters. The molecule has 2 aromatic rings. The molecule has 2 aromatic carbocycles. The van der Waals surface area contributed by atoms with E-state index < -0.39 is 0 Å². The maximum Gasteiger partial charge on any atom is 0.173 e. The second-order valence-electron chi connectivity index (χ2n) is 6.95. The number of piperazine rings is 1. The molecule has 6 heteroatoms. The molecule has 0 radical (unpaired) electrons. The van der Waals surface area contributed by atoms with Crippen molar-refractivity contribution in [2.24, 2.45) is 0 Å². The Labute approximate surface area is 165 Å². The van der Waals surface area contributed by atoms with Gasteiger partial charge >= 0.3 is 0 Å². The molecule has 3 rings (SSSR count). The molecular formula is C21H24FN3OS. The van der Waals surface area contributed by atoms with Gasteiger partial charge < -0.3 is 15.1 Å². The lowest BCUT2D eigenvalue weighted by Gasteiger charge is -2.37. The molecule has 0 aliphatic carbocycles. The van der Waals surface area contributed by atoms with Gasteiger partial charge in [-0.05, 0) is 68.4 Å². The van der Waals surface area contributed by atoms with Crippen LogP contribution in [0.1, 0.15) is 28.4 Å². The van der Waals surface area contributed by atoms with E-state index in [-0.39, 0.29) is 11.6 Å². The Hall–Kier alpha value is -2.47. The van der Waals surface area contributed by atoms with Gasteiger partial charge in [0.1, 0.15) is 5.82 Å². The summed E-state index contributed by atoms with van der Waals surface area (Å²) in [5.74, 6) is -0.486. The Morgan fingerprint density at radius 3 is 2.41 bits per heavy atom. The Bertz CT molecular complexity index is 876. The monoisotopic (exact) mass is 385 g/mol. The molecule has 0 aromatic heterocycles. The van der Waals surface area contributed by atoms with Crippen LogP contribution >= 0.6 is 12.2 Å². The zero-order chi connectivity index (χ0) is 19.6. The SMILES string of the molecule is CC(=O)c1ccc(N2CCN(C(=S)Nc3cc(C)ccc3C)CC2)c(F)c1.